The number of piperidine rings is 1. The molecule has 0 amide bonds. The van der Waals surface area contributed by atoms with E-state index in [9.17, 15) is 4.79 Å². The number of carbonyl (C=O) groups is 1. The molecule has 2 rings (SSSR count). The van der Waals surface area contributed by atoms with Gasteiger partial charge in [0, 0.05) is 12.6 Å². The Morgan fingerprint density at radius 3 is 2.77 bits per heavy atom. The van der Waals surface area contributed by atoms with Crippen LogP contribution < -0.4 is 0 Å². The van der Waals surface area contributed by atoms with Gasteiger partial charge in [-0.3, -0.25) is 9.69 Å². The molecule has 1 heterocycles. The van der Waals surface area contributed by atoms with Crippen molar-refractivity contribution in [3.63, 3.8) is 0 Å². The summed E-state index contributed by atoms with van der Waals surface area (Å²) in [6.07, 6.45) is 4.81. The van der Waals surface area contributed by atoms with Crippen molar-refractivity contribution in [3.05, 3.63) is 0 Å². The fourth-order valence-electron chi connectivity index (χ4n) is 2.14. The summed E-state index contributed by atoms with van der Waals surface area (Å²) < 4.78 is 4.77. The fourth-order valence-corrected chi connectivity index (χ4v) is 2.14. The smallest absolute Gasteiger partial charge is 0.309 e. The second-order valence-corrected chi connectivity index (χ2v) is 4.09. The van der Waals surface area contributed by atoms with Crippen molar-refractivity contribution in [3.8, 4) is 0 Å². The molecular weight excluding hydrogens is 166 g/mol. The van der Waals surface area contributed by atoms with Gasteiger partial charge in [-0.25, -0.2) is 0 Å². The number of hydrogen-bond donors (Lipinski definition) is 0. The Hall–Kier alpha value is -0.570. The van der Waals surface area contributed by atoms with E-state index in [1.165, 1.54) is 26.5 Å². The van der Waals surface area contributed by atoms with E-state index in [0.717, 1.165) is 25.4 Å². The maximum absolute atomic E-state index is 11.3. The quantitative estimate of drug-likeness (QED) is 0.599. The minimum absolute atomic E-state index is 0.0228. The van der Waals surface area contributed by atoms with Gasteiger partial charge in [0.15, 0.2) is 0 Å². The van der Waals surface area contributed by atoms with E-state index in [1.54, 1.807) is 0 Å². The molecule has 0 aromatic carbocycles. The molecule has 1 saturated carbocycles. The van der Waals surface area contributed by atoms with Gasteiger partial charge in [-0.2, -0.15) is 0 Å². The molecule has 0 spiro atoms. The summed E-state index contributed by atoms with van der Waals surface area (Å²) in [4.78, 5) is 13.8. The molecule has 0 bridgehead atoms. The van der Waals surface area contributed by atoms with E-state index < -0.39 is 0 Å². The summed E-state index contributed by atoms with van der Waals surface area (Å²) in [7, 11) is 1.48. The number of rotatable bonds is 2. The van der Waals surface area contributed by atoms with Gasteiger partial charge in [0.05, 0.1) is 13.0 Å². The molecule has 1 unspecified atom stereocenters. The minimum Gasteiger partial charge on any atom is -0.469 e. The maximum Gasteiger partial charge on any atom is 0.309 e. The van der Waals surface area contributed by atoms with Gasteiger partial charge < -0.3 is 4.74 Å². The molecule has 13 heavy (non-hydrogen) atoms. The molecule has 2 fully saturated rings. The van der Waals surface area contributed by atoms with Crippen LogP contribution in [0.1, 0.15) is 25.7 Å². The molecule has 1 aliphatic carbocycles. The van der Waals surface area contributed by atoms with Gasteiger partial charge in [-0.15, -0.1) is 0 Å². The van der Waals surface area contributed by atoms with Crippen LogP contribution in [0.3, 0.4) is 0 Å². The number of ether oxygens (including phenoxy) is 1. The highest BCUT2D eigenvalue weighted by atomic mass is 16.5. The average Bonchev–Trinajstić information content (AvgIpc) is 3.00. The van der Waals surface area contributed by atoms with Crippen LogP contribution in [0.15, 0.2) is 0 Å². The lowest BCUT2D eigenvalue weighted by atomic mass is 9.98. The van der Waals surface area contributed by atoms with Crippen LogP contribution in [-0.2, 0) is 9.53 Å². The summed E-state index contributed by atoms with van der Waals surface area (Å²) in [5.74, 6) is 0.115. The van der Waals surface area contributed by atoms with E-state index in [0.29, 0.717) is 0 Å². The Bertz CT molecular complexity index is 201. The van der Waals surface area contributed by atoms with Gasteiger partial charge in [-0.05, 0) is 32.2 Å². The van der Waals surface area contributed by atoms with Crippen LogP contribution in [-0.4, -0.2) is 37.1 Å². The van der Waals surface area contributed by atoms with Crippen LogP contribution >= 0.6 is 0 Å². The van der Waals surface area contributed by atoms with Crippen molar-refractivity contribution in [1.82, 2.24) is 4.90 Å². The molecule has 3 nitrogen and oxygen atoms in total. The fraction of sp³-hybridized carbons (Fsp3) is 0.900. The SMILES string of the molecule is COC(=O)C1CCCN(C2CC2)C1. The van der Waals surface area contributed by atoms with Gasteiger partial charge in [-0.1, -0.05) is 0 Å². The highest BCUT2D eigenvalue weighted by molar-refractivity contribution is 5.72. The standard InChI is InChI=1S/C10H17NO2/c1-13-10(12)8-3-2-6-11(7-8)9-4-5-9/h8-9H,2-7H2,1H3. The third-order valence-electron chi connectivity index (χ3n) is 3.05. The van der Waals surface area contributed by atoms with E-state index in [4.69, 9.17) is 4.74 Å². The molecule has 74 valence electrons. The van der Waals surface area contributed by atoms with Crippen molar-refractivity contribution < 1.29 is 9.53 Å². The normalized spacial score (nSPS) is 30.1. The third-order valence-corrected chi connectivity index (χ3v) is 3.05. The first-order chi connectivity index (χ1) is 6.31. The number of methoxy groups -OCH3 is 1. The zero-order valence-corrected chi connectivity index (χ0v) is 8.16. The molecule has 1 aliphatic heterocycles. The van der Waals surface area contributed by atoms with Crippen molar-refractivity contribution in [1.29, 1.82) is 0 Å². The Balaban J connectivity index is 1.87. The van der Waals surface area contributed by atoms with Gasteiger partial charge in [0.2, 0.25) is 0 Å². The van der Waals surface area contributed by atoms with Gasteiger partial charge in [0.1, 0.15) is 0 Å². The molecule has 0 aromatic rings. The lowest BCUT2D eigenvalue weighted by Gasteiger charge is -2.31. The average molecular weight is 183 g/mol. The first-order valence-corrected chi connectivity index (χ1v) is 5.13. The Kier molecular flexibility index (Phi) is 2.54. The molecule has 0 aromatic heterocycles. The third kappa shape index (κ3) is 2.02. The highest BCUT2D eigenvalue weighted by Gasteiger charge is 2.34. The summed E-state index contributed by atoms with van der Waals surface area (Å²) >= 11 is 0. The first-order valence-electron chi connectivity index (χ1n) is 5.13. The molecule has 3 heteroatoms. The van der Waals surface area contributed by atoms with Crippen LogP contribution in [0.5, 0.6) is 0 Å². The van der Waals surface area contributed by atoms with Crippen molar-refractivity contribution in [2.45, 2.75) is 31.7 Å². The summed E-state index contributed by atoms with van der Waals surface area (Å²) in [6.45, 7) is 2.11. The molecule has 0 radical (unpaired) electrons. The summed E-state index contributed by atoms with van der Waals surface area (Å²) in [5.41, 5.74) is 0. The van der Waals surface area contributed by atoms with Crippen molar-refractivity contribution in [2.75, 3.05) is 20.2 Å². The van der Waals surface area contributed by atoms with Gasteiger partial charge >= 0.3 is 5.97 Å². The van der Waals surface area contributed by atoms with E-state index >= 15 is 0 Å². The number of carbonyl (C=O) groups excluding carboxylic acids is 1. The van der Waals surface area contributed by atoms with Crippen LogP contribution in [0.2, 0.25) is 0 Å². The monoisotopic (exact) mass is 183 g/mol. The number of likely N-dealkylation sites (tertiary alicyclic amines) is 1. The summed E-state index contributed by atoms with van der Waals surface area (Å²) in [5, 5.41) is 0. The van der Waals surface area contributed by atoms with Crippen LogP contribution in [0.4, 0.5) is 0 Å². The summed E-state index contributed by atoms with van der Waals surface area (Å²) in [6, 6.07) is 0.785. The molecule has 2 aliphatic rings. The van der Waals surface area contributed by atoms with Crippen LogP contribution in [0, 0.1) is 5.92 Å². The predicted molar refractivity (Wildman–Crippen MR) is 49.3 cm³/mol. The lowest BCUT2D eigenvalue weighted by Crippen LogP contribution is -2.40. The molecule has 1 saturated heterocycles. The molecule has 0 N–H and O–H groups in total. The molecular formula is C10H17NO2. The van der Waals surface area contributed by atoms with Gasteiger partial charge in [0.25, 0.3) is 0 Å². The maximum atomic E-state index is 11.3. The predicted octanol–water partition coefficient (Wildman–Crippen LogP) is 1.03. The number of hydrogen-bond acceptors (Lipinski definition) is 3. The largest absolute Gasteiger partial charge is 0.469 e. The van der Waals surface area contributed by atoms with E-state index in [1.807, 2.05) is 0 Å². The Morgan fingerprint density at radius 1 is 1.38 bits per heavy atom. The second-order valence-electron chi connectivity index (χ2n) is 4.09. The number of esters is 1. The Morgan fingerprint density at radius 2 is 2.15 bits per heavy atom. The van der Waals surface area contributed by atoms with E-state index in [2.05, 4.69) is 4.90 Å². The topological polar surface area (TPSA) is 29.5 Å². The first kappa shape index (κ1) is 9.00. The van der Waals surface area contributed by atoms with Crippen LogP contribution in [0.25, 0.3) is 0 Å². The van der Waals surface area contributed by atoms with E-state index in [-0.39, 0.29) is 11.9 Å². The second kappa shape index (κ2) is 3.66. The lowest BCUT2D eigenvalue weighted by molar-refractivity contribution is -0.147. The Labute approximate surface area is 79.0 Å². The zero-order chi connectivity index (χ0) is 9.26. The highest BCUT2D eigenvalue weighted by Crippen LogP contribution is 2.31. The van der Waals surface area contributed by atoms with Crippen molar-refractivity contribution in [2.24, 2.45) is 5.92 Å². The number of nitrogens with zero attached hydrogens (tertiary/aromatic N) is 1. The minimum atomic E-state index is -0.0228. The van der Waals surface area contributed by atoms with Crippen molar-refractivity contribution >= 4 is 5.97 Å². The zero-order valence-electron chi connectivity index (χ0n) is 8.16. The molecule has 1 atom stereocenters.